The van der Waals surface area contributed by atoms with Gasteiger partial charge in [-0.15, -0.1) is 11.3 Å². The van der Waals surface area contributed by atoms with Crippen LogP contribution >= 0.6 is 11.3 Å². The van der Waals surface area contributed by atoms with E-state index >= 15 is 0 Å². The molecule has 3 aromatic rings. The largest absolute Gasteiger partial charge is 0.311 e. The lowest BCUT2D eigenvalue weighted by Gasteiger charge is -2.12. The number of benzene rings is 1. The first-order chi connectivity index (χ1) is 9.69. The van der Waals surface area contributed by atoms with Crippen LogP contribution in [-0.4, -0.2) is 21.8 Å². The SMILES string of the molecule is CNC(Cc1nc(C)cs1)c1nn(C)c2ccccc12. The van der Waals surface area contributed by atoms with Crippen molar-refractivity contribution in [1.82, 2.24) is 20.1 Å². The lowest BCUT2D eigenvalue weighted by Crippen LogP contribution is -2.19. The van der Waals surface area contributed by atoms with Crippen molar-refractivity contribution in [3.8, 4) is 0 Å². The molecule has 1 N–H and O–H groups in total. The van der Waals surface area contributed by atoms with Crippen molar-refractivity contribution in [2.45, 2.75) is 19.4 Å². The van der Waals surface area contributed by atoms with Gasteiger partial charge in [-0.05, 0) is 20.0 Å². The van der Waals surface area contributed by atoms with Crippen molar-refractivity contribution in [2.75, 3.05) is 7.05 Å². The number of likely N-dealkylation sites (N-methyl/N-ethyl adjacent to an activating group) is 1. The maximum absolute atomic E-state index is 4.69. The molecule has 2 aromatic heterocycles. The summed E-state index contributed by atoms with van der Waals surface area (Å²) in [7, 11) is 3.97. The molecule has 1 aromatic carbocycles. The molecule has 0 saturated carbocycles. The predicted molar refractivity (Wildman–Crippen MR) is 83.1 cm³/mol. The highest BCUT2D eigenvalue weighted by molar-refractivity contribution is 7.09. The molecule has 104 valence electrons. The molecular weight excluding hydrogens is 268 g/mol. The van der Waals surface area contributed by atoms with Crippen LogP contribution in [0.15, 0.2) is 29.6 Å². The number of aryl methyl sites for hydroxylation is 2. The van der Waals surface area contributed by atoms with Crippen LogP contribution in [0.1, 0.15) is 22.4 Å². The second kappa shape index (κ2) is 5.34. The maximum atomic E-state index is 4.69. The molecule has 0 spiro atoms. The Morgan fingerprint density at radius 1 is 1.35 bits per heavy atom. The van der Waals surface area contributed by atoms with E-state index in [0.717, 1.165) is 28.3 Å². The third-order valence-corrected chi connectivity index (χ3v) is 4.50. The summed E-state index contributed by atoms with van der Waals surface area (Å²) < 4.78 is 1.95. The third-order valence-electron chi connectivity index (χ3n) is 3.51. The minimum Gasteiger partial charge on any atom is -0.311 e. The first kappa shape index (κ1) is 13.3. The van der Waals surface area contributed by atoms with E-state index in [1.54, 1.807) is 11.3 Å². The van der Waals surface area contributed by atoms with Crippen LogP contribution in [-0.2, 0) is 13.5 Å². The summed E-state index contributed by atoms with van der Waals surface area (Å²) in [4.78, 5) is 4.55. The van der Waals surface area contributed by atoms with Crippen LogP contribution in [0.4, 0.5) is 0 Å². The van der Waals surface area contributed by atoms with Crippen molar-refractivity contribution < 1.29 is 0 Å². The van der Waals surface area contributed by atoms with E-state index in [0.29, 0.717) is 0 Å². The average molecular weight is 286 g/mol. The van der Waals surface area contributed by atoms with E-state index in [1.807, 2.05) is 31.8 Å². The van der Waals surface area contributed by atoms with Crippen molar-refractivity contribution in [1.29, 1.82) is 0 Å². The van der Waals surface area contributed by atoms with Gasteiger partial charge in [-0.2, -0.15) is 5.10 Å². The monoisotopic (exact) mass is 286 g/mol. The number of hydrogen-bond donors (Lipinski definition) is 1. The first-order valence-corrected chi connectivity index (χ1v) is 7.57. The Bertz CT molecular complexity index is 728. The number of hydrogen-bond acceptors (Lipinski definition) is 4. The lowest BCUT2D eigenvalue weighted by molar-refractivity contribution is 0.565. The molecule has 0 aliphatic heterocycles. The fraction of sp³-hybridized carbons (Fsp3) is 0.333. The molecule has 0 bridgehead atoms. The van der Waals surface area contributed by atoms with Crippen LogP contribution in [0.3, 0.4) is 0 Å². The number of para-hydroxylation sites is 1. The molecule has 0 saturated heterocycles. The third kappa shape index (κ3) is 2.34. The van der Waals surface area contributed by atoms with Gasteiger partial charge in [0, 0.05) is 29.9 Å². The minimum absolute atomic E-state index is 0.187. The van der Waals surface area contributed by atoms with Gasteiger partial charge in [0.15, 0.2) is 0 Å². The molecule has 5 heteroatoms. The maximum Gasteiger partial charge on any atom is 0.0947 e. The summed E-state index contributed by atoms with van der Waals surface area (Å²) in [5.41, 5.74) is 3.35. The second-order valence-electron chi connectivity index (χ2n) is 4.95. The predicted octanol–water partition coefficient (Wildman–Crippen LogP) is 2.84. The zero-order valence-corrected chi connectivity index (χ0v) is 12.7. The second-order valence-corrected chi connectivity index (χ2v) is 5.90. The van der Waals surface area contributed by atoms with E-state index in [1.165, 1.54) is 5.39 Å². The van der Waals surface area contributed by atoms with Gasteiger partial charge in [0.2, 0.25) is 0 Å². The zero-order valence-electron chi connectivity index (χ0n) is 11.9. The van der Waals surface area contributed by atoms with Crippen molar-refractivity contribution in [3.63, 3.8) is 0 Å². The summed E-state index contributed by atoms with van der Waals surface area (Å²) in [6, 6.07) is 8.54. The fourth-order valence-electron chi connectivity index (χ4n) is 2.51. The highest BCUT2D eigenvalue weighted by atomic mass is 32.1. The van der Waals surface area contributed by atoms with Gasteiger partial charge in [-0.25, -0.2) is 4.98 Å². The van der Waals surface area contributed by atoms with Gasteiger partial charge >= 0.3 is 0 Å². The topological polar surface area (TPSA) is 42.7 Å². The molecule has 4 nitrogen and oxygen atoms in total. The molecule has 1 unspecified atom stereocenters. The number of rotatable bonds is 4. The summed E-state index contributed by atoms with van der Waals surface area (Å²) in [5.74, 6) is 0. The van der Waals surface area contributed by atoms with E-state index in [2.05, 4.69) is 33.9 Å². The van der Waals surface area contributed by atoms with Crippen LogP contribution in [0.2, 0.25) is 0 Å². The molecule has 1 atom stereocenters. The molecule has 0 radical (unpaired) electrons. The summed E-state index contributed by atoms with van der Waals surface area (Å²) in [6.07, 6.45) is 0.871. The number of thiazole rings is 1. The van der Waals surface area contributed by atoms with Gasteiger partial charge in [0.1, 0.15) is 0 Å². The van der Waals surface area contributed by atoms with Gasteiger partial charge in [0.05, 0.1) is 22.3 Å². The highest BCUT2D eigenvalue weighted by Gasteiger charge is 2.19. The Hall–Kier alpha value is -1.72. The number of fused-ring (bicyclic) bond motifs is 1. The van der Waals surface area contributed by atoms with Crippen LogP contribution in [0.25, 0.3) is 10.9 Å². The molecule has 0 aliphatic rings. The molecular formula is C15H18N4S. The normalized spacial score (nSPS) is 12.9. The zero-order chi connectivity index (χ0) is 14.1. The fourth-order valence-corrected chi connectivity index (χ4v) is 3.32. The van der Waals surface area contributed by atoms with Gasteiger partial charge < -0.3 is 5.32 Å². The van der Waals surface area contributed by atoms with Crippen molar-refractivity contribution >= 4 is 22.2 Å². The quantitative estimate of drug-likeness (QED) is 0.802. The molecule has 0 amide bonds. The minimum atomic E-state index is 0.187. The van der Waals surface area contributed by atoms with Crippen molar-refractivity contribution in [2.24, 2.45) is 7.05 Å². The molecule has 3 rings (SSSR count). The van der Waals surface area contributed by atoms with E-state index in [-0.39, 0.29) is 6.04 Å². The Morgan fingerprint density at radius 2 is 2.15 bits per heavy atom. The Balaban J connectivity index is 1.99. The first-order valence-electron chi connectivity index (χ1n) is 6.69. The molecule has 20 heavy (non-hydrogen) atoms. The Morgan fingerprint density at radius 3 is 2.85 bits per heavy atom. The number of nitrogens with zero attached hydrogens (tertiary/aromatic N) is 3. The highest BCUT2D eigenvalue weighted by Crippen LogP contribution is 2.26. The smallest absolute Gasteiger partial charge is 0.0947 e. The summed E-state index contributed by atoms with van der Waals surface area (Å²) in [5, 5.41) is 12.5. The Labute approximate surface area is 122 Å². The van der Waals surface area contributed by atoms with E-state index < -0.39 is 0 Å². The van der Waals surface area contributed by atoms with E-state index in [9.17, 15) is 0 Å². The standard InChI is InChI=1S/C15H18N4S/c1-10-9-20-14(17-10)8-12(16-2)15-11-6-4-5-7-13(11)19(3)18-15/h4-7,9,12,16H,8H2,1-3H3. The molecule has 0 fully saturated rings. The number of nitrogens with one attached hydrogen (secondary N) is 1. The van der Waals surface area contributed by atoms with Gasteiger partial charge in [-0.1, -0.05) is 18.2 Å². The van der Waals surface area contributed by atoms with E-state index in [4.69, 9.17) is 5.10 Å². The van der Waals surface area contributed by atoms with Crippen LogP contribution in [0.5, 0.6) is 0 Å². The van der Waals surface area contributed by atoms with Crippen LogP contribution < -0.4 is 5.32 Å². The van der Waals surface area contributed by atoms with Crippen LogP contribution in [0, 0.1) is 6.92 Å². The Kier molecular flexibility index (Phi) is 3.54. The number of aromatic nitrogens is 3. The average Bonchev–Trinajstić information content (AvgIpc) is 3.01. The molecule has 0 aliphatic carbocycles. The van der Waals surface area contributed by atoms with Crippen molar-refractivity contribution in [3.05, 3.63) is 46.0 Å². The van der Waals surface area contributed by atoms with Gasteiger partial charge in [-0.3, -0.25) is 4.68 Å². The van der Waals surface area contributed by atoms with Gasteiger partial charge in [0.25, 0.3) is 0 Å². The molecule has 2 heterocycles. The summed E-state index contributed by atoms with van der Waals surface area (Å²) >= 11 is 1.71. The summed E-state index contributed by atoms with van der Waals surface area (Å²) in [6.45, 7) is 2.03. The lowest BCUT2D eigenvalue weighted by atomic mass is 10.1.